The van der Waals surface area contributed by atoms with Crippen LogP contribution in [-0.4, -0.2) is 72.7 Å². The molecule has 1 aromatic rings. The van der Waals surface area contributed by atoms with Gasteiger partial charge in [-0.25, -0.2) is 4.79 Å². The molecule has 3 unspecified atom stereocenters. The third kappa shape index (κ3) is 5.96. The van der Waals surface area contributed by atoms with Crippen LogP contribution in [-0.2, 0) is 9.53 Å². The van der Waals surface area contributed by atoms with Crippen molar-refractivity contribution in [3.8, 4) is 6.07 Å². The molecular formula is C27H39N5O3. The van der Waals surface area contributed by atoms with E-state index >= 15 is 0 Å². The van der Waals surface area contributed by atoms with Crippen LogP contribution in [0.1, 0.15) is 63.5 Å². The zero-order chi connectivity index (χ0) is 24.7. The molecule has 1 aromatic carbocycles. The van der Waals surface area contributed by atoms with Crippen molar-refractivity contribution in [1.82, 2.24) is 20.4 Å². The third-order valence-corrected chi connectivity index (χ3v) is 7.90. The molecule has 0 bridgehead atoms. The number of hydrogen-bond donors (Lipinski definition) is 2. The molecule has 2 aliphatic heterocycles. The first-order chi connectivity index (χ1) is 17.0. The number of ether oxygens (including phenoxy) is 1. The van der Waals surface area contributed by atoms with Crippen molar-refractivity contribution in [3.05, 3.63) is 35.9 Å². The Morgan fingerprint density at radius 1 is 1.23 bits per heavy atom. The number of carbonyl (C=O) groups is 2. The minimum atomic E-state index is -0.944. The Bertz CT molecular complexity index is 884. The number of benzene rings is 1. The Kier molecular flexibility index (Phi) is 8.64. The van der Waals surface area contributed by atoms with E-state index in [2.05, 4.69) is 16.7 Å². The third-order valence-electron chi connectivity index (χ3n) is 7.90. The Hall–Kier alpha value is -2.63. The summed E-state index contributed by atoms with van der Waals surface area (Å²) in [7, 11) is 0. The predicted octanol–water partition coefficient (Wildman–Crippen LogP) is 3.21. The average Bonchev–Trinajstić information content (AvgIpc) is 3.39. The molecule has 2 N–H and O–H groups in total. The maximum atomic E-state index is 14.4. The van der Waals surface area contributed by atoms with Crippen LogP contribution in [0, 0.1) is 17.2 Å². The molecule has 4 rings (SSSR count). The van der Waals surface area contributed by atoms with Crippen LogP contribution in [0.3, 0.4) is 0 Å². The fraction of sp³-hybridized carbons (Fsp3) is 0.667. The maximum absolute atomic E-state index is 14.4. The van der Waals surface area contributed by atoms with Crippen molar-refractivity contribution < 1.29 is 14.3 Å². The van der Waals surface area contributed by atoms with E-state index in [-0.39, 0.29) is 18.0 Å². The van der Waals surface area contributed by atoms with Crippen LogP contribution in [0.2, 0.25) is 0 Å². The number of amides is 3. The highest BCUT2D eigenvalue weighted by Crippen LogP contribution is 2.35. The summed E-state index contributed by atoms with van der Waals surface area (Å²) < 4.78 is 5.40. The molecule has 1 saturated carbocycles. The molecule has 0 spiro atoms. The first-order valence-electron chi connectivity index (χ1n) is 13.2. The molecule has 3 aliphatic rings. The number of nitrogens with one attached hydrogen (secondary N) is 2. The van der Waals surface area contributed by atoms with Gasteiger partial charge in [0, 0.05) is 19.6 Å². The van der Waals surface area contributed by atoms with Gasteiger partial charge in [0.1, 0.15) is 11.6 Å². The standard InChI is InChI=1S/C27H39N5O3/c1-21(23-10-6-3-7-11-23)32(27(19-28)12-13-29-20-27)25(33)24(18-22-8-4-2-5-9-22)30-26(34)31-14-16-35-17-15-31/h3,6-7,10-11,21-22,24,29H,2,4-5,8-9,12-18,20H2,1H3,(H,30,34). The highest BCUT2D eigenvalue weighted by Gasteiger charge is 2.47. The van der Waals surface area contributed by atoms with Gasteiger partial charge in [0.25, 0.3) is 0 Å². The molecule has 3 atom stereocenters. The molecule has 2 saturated heterocycles. The van der Waals surface area contributed by atoms with Gasteiger partial charge >= 0.3 is 6.03 Å². The molecule has 3 amide bonds. The smallest absolute Gasteiger partial charge is 0.318 e. The number of nitrogens with zero attached hydrogens (tertiary/aromatic N) is 3. The lowest BCUT2D eigenvalue weighted by Gasteiger charge is -2.43. The van der Waals surface area contributed by atoms with E-state index in [4.69, 9.17) is 4.74 Å². The summed E-state index contributed by atoms with van der Waals surface area (Å²) in [5.41, 5.74) is 0.0409. The van der Waals surface area contributed by atoms with Crippen molar-refractivity contribution in [2.45, 2.75) is 69.5 Å². The maximum Gasteiger partial charge on any atom is 0.318 e. The lowest BCUT2D eigenvalue weighted by Crippen LogP contribution is -2.60. The van der Waals surface area contributed by atoms with E-state index in [9.17, 15) is 14.9 Å². The summed E-state index contributed by atoms with van der Waals surface area (Å²) in [6, 6.07) is 11.2. The van der Waals surface area contributed by atoms with E-state index in [1.807, 2.05) is 37.3 Å². The summed E-state index contributed by atoms with van der Waals surface area (Å²) in [6.07, 6.45) is 6.91. The lowest BCUT2D eigenvalue weighted by molar-refractivity contribution is -0.141. The Balaban J connectivity index is 1.63. The van der Waals surface area contributed by atoms with Crippen LogP contribution in [0.25, 0.3) is 0 Å². The average molecular weight is 482 g/mol. The predicted molar refractivity (Wildman–Crippen MR) is 133 cm³/mol. The van der Waals surface area contributed by atoms with Crippen LogP contribution in [0.4, 0.5) is 4.79 Å². The zero-order valence-electron chi connectivity index (χ0n) is 20.9. The van der Waals surface area contributed by atoms with Gasteiger partial charge in [0.05, 0.1) is 25.3 Å². The number of urea groups is 1. The second-order valence-corrected chi connectivity index (χ2v) is 10.2. The summed E-state index contributed by atoms with van der Waals surface area (Å²) in [5, 5.41) is 16.7. The molecule has 0 aromatic heterocycles. The van der Waals surface area contributed by atoms with E-state index < -0.39 is 11.6 Å². The second kappa shape index (κ2) is 11.9. The fourth-order valence-electron chi connectivity index (χ4n) is 5.84. The number of rotatable bonds is 7. The van der Waals surface area contributed by atoms with E-state index in [1.54, 1.807) is 9.80 Å². The quantitative estimate of drug-likeness (QED) is 0.623. The van der Waals surface area contributed by atoms with Crippen molar-refractivity contribution >= 4 is 11.9 Å². The minimum Gasteiger partial charge on any atom is -0.378 e. The van der Waals surface area contributed by atoms with Crippen molar-refractivity contribution in [2.75, 3.05) is 39.4 Å². The molecule has 190 valence electrons. The first kappa shape index (κ1) is 25.5. The highest BCUT2D eigenvalue weighted by atomic mass is 16.5. The van der Waals surface area contributed by atoms with Gasteiger partial charge in [-0.1, -0.05) is 62.4 Å². The lowest BCUT2D eigenvalue weighted by atomic mass is 9.83. The van der Waals surface area contributed by atoms with Crippen molar-refractivity contribution in [2.24, 2.45) is 5.92 Å². The number of morpholine rings is 1. The first-order valence-corrected chi connectivity index (χ1v) is 13.2. The molecule has 35 heavy (non-hydrogen) atoms. The zero-order valence-corrected chi connectivity index (χ0v) is 20.9. The minimum absolute atomic E-state index is 0.154. The molecule has 8 heteroatoms. The summed E-state index contributed by atoms with van der Waals surface area (Å²) in [5.74, 6) is 0.245. The van der Waals surface area contributed by atoms with Crippen LogP contribution >= 0.6 is 0 Å². The second-order valence-electron chi connectivity index (χ2n) is 10.2. The Morgan fingerprint density at radius 2 is 1.94 bits per heavy atom. The molecule has 8 nitrogen and oxygen atoms in total. The van der Waals surface area contributed by atoms with Gasteiger partial charge in [-0.2, -0.15) is 5.26 Å². The van der Waals surface area contributed by atoms with Crippen molar-refractivity contribution in [1.29, 1.82) is 5.26 Å². The fourth-order valence-corrected chi connectivity index (χ4v) is 5.84. The molecular weight excluding hydrogens is 442 g/mol. The van der Waals surface area contributed by atoms with Crippen LogP contribution < -0.4 is 10.6 Å². The van der Waals surface area contributed by atoms with Gasteiger partial charge in [-0.15, -0.1) is 0 Å². The summed E-state index contributed by atoms with van der Waals surface area (Å²) in [6.45, 7) is 5.17. The molecule has 2 heterocycles. The van der Waals surface area contributed by atoms with E-state index in [0.717, 1.165) is 18.4 Å². The van der Waals surface area contributed by atoms with Crippen molar-refractivity contribution in [3.63, 3.8) is 0 Å². The summed E-state index contributed by atoms with van der Waals surface area (Å²) in [4.78, 5) is 31.1. The van der Waals surface area contributed by atoms with Gasteiger partial charge < -0.3 is 25.2 Å². The topological polar surface area (TPSA) is 97.7 Å². The Labute approximate surface area is 209 Å². The molecule has 1 aliphatic carbocycles. The number of nitriles is 1. The number of hydrogen-bond acceptors (Lipinski definition) is 5. The van der Waals surface area contributed by atoms with Gasteiger partial charge in [-0.3, -0.25) is 4.79 Å². The highest BCUT2D eigenvalue weighted by molar-refractivity contribution is 5.88. The molecule has 3 fully saturated rings. The largest absolute Gasteiger partial charge is 0.378 e. The monoisotopic (exact) mass is 481 g/mol. The van der Waals surface area contributed by atoms with Gasteiger partial charge in [-0.05, 0) is 37.8 Å². The SMILES string of the molecule is CC(c1ccccc1)N(C(=O)C(CC1CCCCC1)NC(=O)N1CCOCC1)C1(C#N)CCNC1. The van der Waals surface area contributed by atoms with Gasteiger partial charge in [0.2, 0.25) is 5.91 Å². The normalized spacial score (nSPS) is 24.9. The van der Waals surface area contributed by atoms with Crippen LogP contribution in [0.5, 0.6) is 0 Å². The number of carbonyl (C=O) groups excluding carboxylic acids is 2. The van der Waals surface area contributed by atoms with E-state index in [0.29, 0.717) is 58.2 Å². The summed E-state index contributed by atoms with van der Waals surface area (Å²) >= 11 is 0. The van der Waals surface area contributed by atoms with Gasteiger partial charge in [0.15, 0.2) is 0 Å². The molecule has 0 radical (unpaired) electrons. The van der Waals surface area contributed by atoms with E-state index in [1.165, 1.54) is 19.3 Å². The Morgan fingerprint density at radius 3 is 2.57 bits per heavy atom. The van der Waals surface area contributed by atoms with Crippen LogP contribution in [0.15, 0.2) is 30.3 Å².